The van der Waals surface area contributed by atoms with Crippen molar-refractivity contribution < 1.29 is 4.74 Å². The van der Waals surface area contributed by atoms with E-state index in [0.717, 1.165) is 42.0 Å². The minimum atomic E-state index is -0.0774. The van der Waals surface area contributed by atoms with E-state index in [1.807, 2.05) is 29.0 Å². The third-order valence-corrected chi connectivity index (χ3v) is 5.58. The molecule has 30 heavy (non-hydrogen) atoms. The number of hydrogen-bond donors (Lipinski definition) is 0. The van der Waals surface area contributed by atoms with Crippen molar-refractivity contribution in [3.63, 3.8) is 0 Å². The Bertz CT molecular complexity index is 1150. The van der Waals surface area contributed by atoms with Crippen LogP contribution in [0.5, 0.6) is 0 Å². The lowest BCUT2D eigenvalue weighted by molar-refractivity contribution is -0.0343. The van der Waals surface area contributed by atoms with Gasteiger partial charge in [-0.25, -0.2) is 4.52 Å². The molecule has 4 heterocycles. The van der Waals surface area contributed by atoms with Crippen molar-refractivity contribution in [2.24, 2.45) is 0 Å². The highest BCUT2D eigenvalue weighted by atomic mass is 16.5. The molecular weight excluding hydrogens is 374 g/mol. The van der Waals surface area contributed by atoms with E-state index in [4.69, 9.17) is 4.74 Å². The number of nitrogens with zero attached hydrogens (tertiary/aromatic N) is 5. The van der Waals surface area contributed by atoms with Gasteiger partial charge in [0.05, 0.1) is 12.1 Å². The van der Waals surface area contributed by atoms with Crippen molar-refractivity contribution in [1.29, 1.82) is 0 Å². The third kappa shape index (κ3) is 3.84. The molecule has 5 rings (SSSR count). The SMILES string of the molecule is Cc1cc(C)cc(CN2CCO[C@H](c3nnn4cc(-c5cccnc5)ccc34)C2)c1. The average Bonchev–Trinajstić information content (AvgIpc) is 3.17. The van der Waals surface area contributed by atoms with Gasteiger partial charge in [0.2, 0.25) is 0 Å². The predicted octanol–water partition coefficient (Wildman–Crippen LogP) is 3.98. The summed E-state index contributed by atoms with van der Waals surface area (Å²) in [5, 5.41) is 8.83. The lowest BCUT2D eigenvalue weighted by atomic mass is 10.1. The number of pyridine rings is 2. The summed E-state index contributed by atoms with van der Waals surface area (Å²) < 4.78 is 7.93. The van der Waals surface area contributed by atoms with Gasteiger partial charge in [-0.2, -0.15) is 0 Å². The molecule has 1 saturated heterocycles. The smallest absolute Gasteiger partial charge is 0.121 e. The van der Waals surface area contributed by atoms with Crippen molar-refractivity contribution in [1.82, 2.24) is 24.7 Å². The molecule has 4 aromatic rings. The molecule has 1 aliphatic rings. The Balaban J connectivity index is 1.37. The molecular formula is C24H25N5O. The molecule has 152 valence electrons. The van der Waals surface area contributed by atoms with Gasteiger partial charge in [0.25, 0.3) is 0 Å². The van der Waals surface area contributed by atoms with Gasteiger partial charge in [-0.1, -0.05) is 46.7 Å². The van der Waals surface area contributed by atoms with Crippen LogP contribution >= 0.6 is 0 Å². The first kappa shape index (κ1) is 18.9. The zero-order chi connectivity index (χ0) is 20.5. The molecule has 3 aromatic heterocycles. The normalized spacial score (nSPS) is 17.5. The average molecular weight is 399 g/mol. The largest absolute Gasteiger partial charge is 0.369 e. The minimum Gasteiger partial charge on any atom is -0.369 e. The van der Waals surface area contributed by atoms with Crippen LogP contribution in [-0.4, -0.2) is 44.4 Å². The van der Waals surface area contributed by atoms with Crippen LogP contribution in [0.4, 0.5) is 0 Å². The van der Waals surface area contributed by atoms with Crippen molar-refractivity contribution in [2.75, 3.05) is 19.7 Å². The Morgan fingerprint density at radius 2 is 1.93 bits per heavy atom. The summed E-state index contributed by atoms with van der Waals surface area (Å²) in [6, 6.07) is 14.9. The summed E-state index contributed by atoms with van der Waals surface area (Å²) in [5.41, 5.74) is 7.98. The summed E-state index contributed by atoms with van der Waals surface area (Å²) in [7, 11) is 0. The Hall–Kier alpha value is -3.09. The van der Waals surface area contributed by atoms with Crippen molar-refractivity contribution >= 4 is 5.52 Å². The maximum Gasteiger partial charge on any atom is 0.121 e. The maximum absolute atomic E-state index is 6.09. The quantitative estimate of drug-likeness (QED) is 0.520. The first-order valence-electron chi connectivity index (χ1n) is 10.3. The molecule has 0 bridgehead atoms. The van der Waals surface area contributed by atoms with Crippen molar-refractivity contribution in [2.45, 2.75) is 26.5 Å². The minimum absolute atomic E-state index is 0.0774. The van der Waals surface area contributed by atoms with Crippen LogP contribution in [0.1, 0.15) is 28.5 Å². The van der Waals surface area contributed by atoms with E-state index < -0.39 is 0 Å². The van der Waals surface area contributed by atoms with Gasteiger partial charge < -0.3 is 4.74 Å². The molecule has 0 spiro atoms. The van der Waals surface area contributed by atoms with Gasteiger partial charge in [-0.05, 0) is 31.5 Å². The van der Waals surface area contributed by atoms with Crippen molar-refractivity contribution in [3.8, 4) is 11.1 Å². The van der Waals surface area contributed by atoms with E-state index in [1.54, 1.807) is 6.20 Å². The van der Waals surface area contributed by atoms with E-state index in [-0.39, 0.29) is 6.10 Å². The zero-order valence-corrected chi connectivity index (χ0v) is 17.3. The van der Waals surface area contributed by atoms with Crippen LogP contribution in [-0.2, 0) is 11.3 Å². The zero-order valence-electron chi connectivity index (χ0n) is 17.3. The molecule has 0 unspecified atom stereocenters. The monoisotopic (exact) mass is 399 g/mol. The molecule has 6 nitrogen and oxygen atoms in total. The Labute approximate surface area is 176 Å². The molecule has 1 fully saturated rings. The fraction of sp³-hybridized carbons (Fsp3) is 0.292. The molecule has 0 N–H and O–H groups in total. The standard InChI is InChI=1S/C24H25N5O/c1-17-10-18(2)12-19(11-17)14-28-8-9-30-23(16-28)24-22-6-5-21(15-29(22)27-26-24)20-4-3-7-25-13-20/h3-7,10-13,15,23H,8-9,14,16H2,1-2H3/t23-/m0/s1. The molecule has 1 atom stereocenters. The highest BCUT2D eigenvalue weighted by Gasteiger charge is 2.26. The number of hydrogen-bond acceptors (Lipinski definition) is 5. The molecule has 0 aliphatic carbocycles. The van der Waals surface area contributed by atoms with Crippen LogP contribution in [0.3, 0.4) is 0 Å². The number of benzene rings is 1. The van der Waals surface area contributed by atoms with Gasteiger partial charge in [0.15, 0.2) is 0 Å². The lowest BCUT2D eigenvalue weighted by Gasteiger charge is -2.32. The number of ether oxygens (including phenoxy) is 1. The van der Waals surface area contributed by atoms with Crippen LogP contribution in [0.25, 0.3) is 16.6 Å². The van der Waals surface area contributed by atoms with Crippen molar-refractivity contribution in [3.05, 3.63) is 83.4 Å². The molecule has 0 amide bonds. The highest BCUT2D eigenvalue weighted by Crippen LogP contribution is 2.27. The lowest BCUT2D eigenvalue weighted by Crippen LogP contribution is -2.38. The van der Waals surface area contributed by atoms with E-state index in [2.05, 4.69) is 64.4 Å². The fourth-order valence-electron chi connectivity index (χ4n) is 4.28. The number of fused-ring (bicyclic) bond motifs is 1. The summed E-state index contributed by atoms with van der Waals surface area (Å²) in [5.74, 6) is 0. The number of rotatable bonds is 4. The number of aromatic nitrogens is 4. The Morgan fingerprint density at radius 1 is 1.07 bits per heavy atom. The van der Waals surface area contributed by atoms with Gasteiger partial charge in [0, 0.05) is 49.4 Å². The van der Waals surface area contributed by atoms with E-state index in [0.29, 0.717) is 6.61 Å². The molecule has 1 aromatic carbocycles. The second-order valence-electron chi connectivity index (χ2n) is 8.05. The summed E-state index contributed by atoms with van der Waals surface area (Å²) in [4.78, 5) is 6.64. The van der Waals surface area contributed by atoms with Crippen LogP contribution in [0.2, 0.25) is 0 Å². The first-order valence-corrected chi connectivity index (χ1v) is 10.3. The van der Waals surface area contributed by atoms with Gasteiger partial charge in [-0.15, -0.1) is 5.10 Å². The molecule has 0 saturated carbocycles. The summed E-state index contributed by atoms with van der Waals surface area (Å²) in [6.07, 6.45) is 5.55. The van der Waals surface area contributed by atoms with Crippen LogP contribution < -0.4 is 0 Å². The molecule has 6 heteroatoms. The van der Waals surface area contributed by atoms with E-state index in [9.17, 15) is 0 Å². The van der Waals surface area contributed by atoms with E-state index in [1.165, 1.54) is 16.7 Å². The highest BCUT2D eigenvalue weighted by molar-refractivity contribution is 5.65. The number of morpholine rings is 1. The first-order chi connectivity index (χ1) is 14.7. The topological polar surface area (TPSA) is 55.5 Å². The maximum atomic E-state index is 6.09. The second-order valence-corrected chi connectivity index (χ2v) is 8.05. The second kappa shape index (κ2) is 7.97. The van der Waals surface area contributed by atoms with Gasteiger partial charge in [-0.3, -0.25) is 9.88 Å². The number of aryl methyl sites for hydroxylation is 2. The van der Waals surface area contributed by atoms with Gasteiger partial charge >= 0.3 is 0 Å². The van der Waals surface area contributed by atoms with Crippen LogP contribution in [0.15, 0.2) is 61.1 Å². The molecule has 1 aliphatic heterocycles. The summed E-state index contributed by atoms with van der Waals surface area (Å²) in [6.45, 7) is 7.66. The third-order valence-electron chi connectivity index (χ3n) is 5.58. The Kier molecular flexibility index (Phi) is 5.02. The summed E-state index contributed by atoms with van der Waals surface area (Å²) >= 11 is 0. The fourth-order valence-corrected chi connectivity index (χ4v) is 4.28. The van der Waals surface area contributed by atoms with E-state index >= 15 is 0 Å². The predicted molar refractivity (Wildman–Crippen MR) is 116 cm³/mol. The van der Waals surface area contributed by atoms with Gasteiger partial charge in [0.1, 0.15) is 11.8 Å². The molecule has 0 radical (unpaired) electrons. The Morgan fingerprint density at radius 3 is 2.73 bits per heavy atom. The van der Waals surface area contributed by atoms with Crippen LogP contribution in [0, 0.1) is 13.8 Å².